The summed E-state index contributed by atoms with van der Waals surface area (Å²) in [5.74, 6) is 0.0229. The average molecular weight is 299 g/mol. The summed E-state index contributed by atoms with van der Waals surface area (Å²) in [5.41, 5.74) is 6.99. The van der Waals surface area contributed by atoms with E-state index >= 15 is 0 Å². The molecule has 4 nitrogen and oxygen atoms in total. The quantitative estimate of drug-likeness (QED) is 0.806. The van der Waals surface area contributed by atoms with Crippen LogP contribution >= 0.6 is 15.9 Å². The van der Waals surface area contributed by atoms with E-state index in [0.29, 0.717) is 24.4 Å². The fourth-order valence-electron chi connectivity index (χ4n) is 1.81. The zero-order valence-electron chi connectivity index (χ0n) is 9.49. The van der Waals surface area contributed by atoms with Crippen LogP contribution in [0.25, 0.3) is 0 Å². The number of rotatable bonds is 1. The van der Waals surface area contributed by atoms with Crippen molar-refractivity contribution in [2.45, 2.75) is 6.42 Å². The molecule has 5 heteroatoms. The topological polar surface area (TPSA) is 55.6 Å². The summed E-state index contributed by atoms with van der Waals surface area (Å²) in [6.07, 6.45) is 0.887. The monoisotopic (exact) mass is 298 g/mol. The van der Waals surface area contributed by atoms with Gasteiger partial charge in [-0.1, -0.05) is 0 Å². The highest BCUT2D eigenvalue weighted by molar-refractivity contribution is 9.10. The van der Waals surface area contributed by atoms with Gasteiger partial charge in [-0.05, 0) is 40.5 Å². The molecule has 1 saturated heterocycles. The number of nitrogens with two attached hydrogens (primary N) is 1. The molecule has 1 heterocycles. The summed E-state index contributed by atoms with van der Waals surface area (Å²) in [7, 11) is 0. The van der Waals surface area contributed by atoms with Gasteiger partial charge in [-0.15, -0.1) is 0 Å². The summed E-state index contributed by atoms with van der Waals surface area (Å²) in [5, 5.41) is 0. The van der Waals surface area contributed by atoms with Crippen LogP contribution in [0, 0.1) is 0 Å². The van der Waals surface area contributed by atoms with Crippen LogP contribution in [0.3, 0.4) is 0 Å². The molecule has 92 valence electrons. The van der Waals surface area contributed by atoms with E-state index in [1.54, 1.807) is 18.2 Å². The SMILES string of the molecule is Nc1cc(C(=O)N2CCCOCC2)ccc1Br. The average Bonchev–Trinajstić information content (AvgIpc) is 2.60. The number of hydrogen-bond acceptors (Lipinski definition) is 3. The van der Waals surface area contributed by atoms with Gasteiger partial charge in [0.15, 0.2) is 0 Å². The van der Waals surface area contributed by atoms with Crippen molar-refractivity contribution in [1.82, 2.24) is 4.90 Å². The Hall–Kier alpha value is -1.07. The van der Waals surface area contributed by atoms with Crippen molar-refractivity contribution in [3.8, 4) is 0 Å². The number of carbonyl (C=O) groups is 1. The molecule has 1 fully saturated rings. The van der Waals surface area contributed by atoms with Crippen LogP contribution in [-0.2, 0) is 4.74 Å². The first kappa shape index (κ1) is 12.4. The maximum Gasteiger partial charge on any atom is 0.254 e. The standard InChI is InChI=1S/C12H15BrN2O2/c13-10-3-2-9(8-11(10)14)12(16)15-4-1-6-17-7-5-15/h2-3,8H,1,4-7,14H2. The van der Waals surface area contributed by atoms with Gasteiger partial charge in [0.25, 0.3) is 5.91 Å². The minimum atomic E-state index is 0.0229. The van der Waals surface area contributed by atoms with E-state index in [-0.39, 0.29) is 5.91 Å². The van der Waals surface area contributed by atoms with Gasteiger partial charge < -0.3 is 15.4 Å². The maximum atomic E-state index is 12.2. The lowest BCUT2D eigenvalue weighted by Gasteiger charge is -2.19. The predicted molar refractivity (Wildman–Crippen MR) is 69.9 cm³/mol. The highest BCUT2D eigenvalue weighted by Gasteiger charge is 2.17. The number of halogens is 1. The molecule has 0 saturated carbocycles. The van der Waals surface area contributed by atoms with Crippen molar-refractivity contribution < 1.29 is 9.53 Å². The van der Waals surface area contributed by atoms with Crippen LogP contribution in [-0.4, -0.2) is 37.1 Å². The second-order valence-electron chi connectivity index (χ2n) is 3.99. The van der Waals surface area contributed by atoms with Gasteiger partial charge >= 0.3 is 0 Å². The number of nitrogens with zero attached hydrogens (tertiary/aromatic N) is 1. The minimum Gasteiger partial charge on any atom is -0.398 e. The Bertz CT molecular complexity index is 415. The summed E-state index contributed by atoms with van der Waals surface area (Å²) < 4.78 is 6.14. The highest BCUT2D eigenvalue weighted by atomic mass is 79.9. The van der Waals surface area contributed by atoms with Gasteiger partial charge in [-0.2, -0.15) is 0 Å². The van der Waals surface area contributed by atoms with E-state index in [9.17, 15) is 4.79 Å². The smallest absolute Gasteiger partial charge is 0.254 e. The molecule has 1 aliphatic heterocycles. The summed E-state index contributed by atoms with van der Waals surface area (Å²) in [6.45, 7) is 2.73. The van der Waals surface area contributed by atoms with Crippen molar-refractivity contribution in [1.29, 1.82) is 0 Å². The molecule has 1 aromatic rings. The zero-order valence-corrected chi connectivity index (χ0v) is 11.1. The van der Waals surface area contributed by atoms with Crippen LogP contribution in [0.15, 0.2) is 22.7 Å². The van der Waals surface area contributed by atoms with Gasteiger partial charge in [0.2, 0.25) is 0 Å². The van der Waals surface area contributed by atoms with Crippen molar-refractivity contribution in [2.75, 3.05) is 32.0 Å². The van der Waals surface area contributed by atoms with E-state index in [0.717, 1.165) is 24.0 Å². The summed E-state index contributed by atoms with van der Waals surface area (Å²) >= 11 is 3.32. The second-order valence-corrected chi connectivity index (χ2v) is 4.85. The number of ether oxygens (including phenoxy) is 1. The minimum absolute atomic E-state index is 0.0229. The lowest BCUT2D eigenvalue weighted by Crippen LogP contribution is -2.33. The molecule has 1 aliphatic rings. The van der Waals surface area contributed by atoms with Gasteiger partial charge in [-0.25, -0.2) is 0 Å². The second kappa shape index (κ2) is 5.51. The molecule has 0 unspecified atom stereocenters. The van der Waals surface area contributed by atoms with Gasteiger partial charge in [0, 0.05) is 35.4 Å². The first-order valence-electron chi connectivity index (χ1n) is 5.60. The normalized spacial score (nSPS) is 16.6. The van der Waals surface area contributed by atoms with Crippen molar-refractivity contribution in [3.63, 3.8) is 0 Å². The fourth-order valence-corrected chi connectivity index (χ4v) is 2.06. The molecule has 0 aliphatic carbocycles. The van der Waals surface area contributed by atoms with Gasteiger partial charge in [0.05, 0.1) is 6.61 Å². The molecule has 0 atom stereocenters. The number of carbonyl (C=O) groups excluding carboxylic acids is 1. The summed E-state index contributed by atoms with van der Waals surface area (Å²) in [4.78, 5) is 14.0. The largest absolute Gasteiger partial charge is 0.398 e. The molecule has 0 aromatic heterocycles. The van der Waals surface area contributed by atoms with E-state index in [1.165, 1.54) is 0 Å². The third-order valence-electron chi connectivity index (χ3n) is 2.75. The van der Waals surface area contributed by atoms with Crippen molar-refractivity contribution >= 4 is 27.5 Å². The molecule has 1 aromatic carbocycles. The third kappa shape index (κ3) is 2.98. The number of anilines is 1. The van der Waals surface area contributed by atoms with Crippen molar-refractivity contribution in [3.05, 3.63) is 28.2 Å². The van der Waals surface area contributed by atoms with Crippen LogP contribution in [0.4, 0.5) is 5.69 Å². The molecule has 0 spiro atoms. The molecule has 0 bridgehead atoms. The Morgan fingerprint density at radius 2 is 2.18 bits per heavy atom. The van der Waals surface area contributed by atoms with Crippen LogP contribution in [0.5, 0.6) is 0 Å². The molecular formula is C12H15BrN2O2. The molecule has 2 N–H and O–H groups in total. The lowest BCUT2D eigenvalue weighted by molar-refractivity contribution is 0.0741. The zero-order chi connectivity index (χ0) is 12.3. The Labute approximate surface area is 109 Å². The number of nitrogen functional groups attached to an aromatic ring is 1. The Morgan fingerprint density at radius 3 is 2.94 bits per heavy atom. The highest BCUT2D eigenvalue weighted by Crippen LogP contribution is 2.21. The fraction of sp³-hybridized carbons (Fsp3) is 0.417. The van der Waals surface area contributed by atoms with E-state index < -0.39 is 0 Å². The third-order valence-corrected chi connectivity index (χ3v) is 3.47. The number of hydrogen-bond donors (Lipinski definition) is 1. The van der Waals surface area contributed by atoms with E-state index in [1.807, 2.05) is 4.90 Å². The molecule has 17 heavy (non-hydrogen) atoms. The predicted octanol–water partition coefficient (Wildman–Crippen LogP) is 1.89. The van der Waals surface area contributed by atoms with Crippen LogP contribution in [0.2, 0.25) is 0 Å². The van der Waals surface area contributed by atoms with Gasteiger partial charge in [-0.3, -0.25) is 4.79 Å². The molecular weight excluding hydrogens is 284 g/mol. The Morgan fingerprint density at radius 1 is 1.35 bits per heavy atom. The van der Waals surface area contributed by atoms with Crippen LogP contribution in [0.1, 0.15) is 16.8 Å². The number of amides is 1. The molecule has 2 rings (SSSR count). The van der Waals surface area contributed by atoms with Crippen molar-refractivity contribution in [2.24, 2.45) is 0 Å². The lowest BCUT2D eigenvalue weighted by atomic mass is 10.1. The molecule has 1 amide bonds. The molecule has 0 radical (unpaired) electrons. The number of benzene rings is 1. The van der Waals surface area contributed by atoms with Crippen LogP contribution < -0.4 is 5.73 Å². The Kier molecular flexibility index (Phi) is 4.02. The summed E-state index contributed by atoms with van der Waals surface area (Å²) in [6, 6.07) is 5.30. The van der Waals surface area contributed by atoms with E-state index in [4.69, 9.17) is 10.5 Å². The first-order valence-corrected chi connectivity index (χ1v) is 6.40. The Balaban J connectivity index is 2.14. The van der Waals surface area contributed by atoms with Gasteiger partial charge in [0.1, 0.15) is 0 Å². The van der Waals surface area contributed by atoms with E-state index in [2.05, 4.69) is 15.9 Å². The first-order chi connectivity index (χ1) is 8.18. The maximum absolute atomic E-state index is 12.2.